The lowest BCUT2D eigenvalue weighted by Crippen LogP contribution is -2.51. The Bertz CT molecular complexity index is 554. The van der Waals surface area contributed by atoms with E-state index >= 15 is 0 Å². The standard InChI is InChI=1S/C15H18N2O3/c1-10-4-3-5-11(9-18)12(10)8-17(2)13-6-7-14(19)16-15(13)20/h3-5,9,13H,6-8H2,1-2H3,(H,16,19,20). The molecule has 1 aromatic carbocycles. The number of hydrogen-bond donors (Lipinski definition) is 1. The first-order valence-electron chi connectivity index (χ1n) is 6.60. The highest BCUT2D eigenvalue weighted by atomic mass is 16.2. The molecule has 5 nitrogen and oxygen atoms in total. The van der Waals surface area contributed by atoms with Crippen LogP contribution in [0.3, 0.4) is 0 Å². The highest BCUT2D eigenvalue weighted by Gasteiger charge is 2.30. The summed E-state index contributed by atoms with van der Waals surface area (Å²) in [5, 5.41) is 2.35. The van der Waals surface area contributed by atoms with Gasteiger partial charge >= 0.3 is 0 Å². The smallest absolute Gasteiger partial charge is 0.243 e. The summed E-state index contributed by atoms with van der Waals surface area (Å²) in [6.45, 7) is 2.45. The maximum atomic E-state index is 11.8. The molecule has 1 aliphatic rings. The molecule has 0 aliphatic carbocycles. The number of nitrogens with one attached hydrogen (secondary N) is 1. The Morgan fingerprint density at radius 3 is 2.80 bits per heavy atom. The minimum absolute atomic E-state index is 0.218. The number of imide groups is 1. The minimum Gasteiger partial charge on any atom is -0.298 e. The molecule has 0 spiro atoms. The summed E-state index contributed by atoms with van der Waals surface area (Å²) < 4.78 is 0. The molecule has 1 aliphatic heterocycles. The van der Waals surface area contributed by atoms with Crippen LogP contribution in [0, 0.1) is 6.92 Å². The van der Waals surface area contributed by atoms with E-state index in [9.17, 15) is 14.4 Å². The van der Waals surface area contributed by atoms with Crippen LogP contribution in [0.4, 0.5) is 0 Å². The third-order valence-corrected chi connectivity index (χ3v) is 3.72. The number of nitrogens with zero attached hydrogens (tertiary/aromatic N) is 1. The minimum atomic E-state index is -0.327. The summed E-state index contributed by atoms with van der Waals surface area (Å²) in [6.07, 6.45) is 1.71. The zero-order valence-electron chi connectivity index (χ0n) is 11.7. The van der Waals surface area contributed by atoms with Crippen LogP contribution in [-0.2, 0) is 16.1 Å². The molecule has 2 rings (SSSR count). The van der Waals surface area contributed by atoms with Gasteiger partial charge in [-0.1, -0.05) is 18.2 Å². The SMILES string of the molecule is Cc1cccc(C=O)c1CN(C)C1CCC(=O)NC1=O. The number of piperidine rings is 1. The lowest BCUT2D eigenvalue weighted by atomic mass is 10.00. The van der Waals surface area contributed by atoms with Crippen molar-refractivity contribution in [3.8, 4) is 0 Å². The highest BCUT2D eigenvalue weighted by Crippen LogP contribution is 2.18. The van der Waals surface area contributed by atoms with Gasteiger partial charge in [-0.3, -0.25) is 24.6 Å². The summed E-state index contributed by atoms with van der Waals surface area (Å²) in [4.78, 5) is 36.0. The molecule has 2 amide bonds. The van der Waals surface area contributed by atoms with Crippen LogP contribution in [0.25, 0.3) is 0 Å². The number of benzene rings is 1. The molecule has 0 saturated carbocycles. The van der Waals surface area contributed by atoms with Crippen LogP contribution in [0.5, 0.6) is 0 Å². The monoisotopic (exact) mass is 274 g/mol. The fourth-order valence-corrected chi connectivity index (χ4v) is 2.51. The van der Waals surface area contributed by atoms with Gasteiger partial charge in [-0.2, -0.15) is 0 Å². The van der Waals surface area contributed by atoms with Crippen LogP contribution < -0.4 is 5.32 Å². The van der Waals surface area contributed by atoms with Crippen LogP contribution >= 0.6 is 0 Å². The Balaban J connectivity index is 2.16. The van der Waals surface area contributed by atoms with E-state index in [1.807, 2.05) is 31.0 Å². The van der Waals surface area contributed by atoms with Crippen LogP contribution in [-0.4, -0.2) is 36.1 Å². The fraction of sp³-hybridized carbons (Fsp3) is 0.400. The van der Waals surface area contributed by atoms with Gasteiger partial charge in [0.2, 0.25) is 11.8 Å². The predicted octanol–water partition coefficient (Wildman–Crippen LogP) is 1.04. The van der Waals surface area contributed by atoms with Gasteiger partial charge in [0.15, 0.2) is 0 Å². The molecule has 106 valence electrons. The van der Waals surface area contributed by atoms with Crippen LogP contribution in [0.2, 0.25) is 0 Å². The van der Waals surface area contributed by atoms with E-state index in [0.717, 1.165) is 17.4 Å². The zero-order valence-corrected chi connectivity index (χ0v) is 11.7. The summed E-state index contributed by atoms with van der Waals surface area (Å²) in [6, 6.07) is 5.23. The third kappa shape index (κ3) is 2.93. The van der Waals surface area contributed by atoms with Crippen molar-refractivity contribution in [3.63, 3.8) is 0 Å². The maximum Gasteiger partial charge on any atom is 0.243 e. The number of rotatable bonds is 4. The predicted molar refractivity (Wildman–Crippen MR) is 74.2 cm³/mol. The van der Waals surface area contributed by atoms with Gasteiger partial charge in [0.25, 0.3) is 0 Å². The summed E-state index contributed by atoms with van der Waals surface area (Å²) in [7, 11) is 1.83. The third-order valence-electron chi connectivity index (χ3n) is 3.72. The fourth-order valence-electron chi connectivity index (χ4n) is 2.51. The Kier molecular flexibility index (Phi) is 4.29. The van der Waals surface area contributed by atoms with E-state index in [-0.39, 0.29) is 17.9 Å². The Labute approximate surface area is 118 Å². The average Bonchev–Trinajstić information content (AvgIpc) is 2.40. The van der Waals surface area contributed by atoms with Gasteiger partial charge in [0, 0.05) is 18.5 Å². The van der Waals surface area contributed by atoms with Crippen molar-refractivity contribution in [1.82, 2.24) is 10.2 Å². The number of amides is 2. The lowest BCUT2D eigenvalue weighted by Gasteiger charge is -2.30. The van der Waals surface area contributed by atoms with Crippen molar-refractivity contribution in [2.24, 2.45) is 0 Å². The average molecular weight is 274 g/mol. The molecule has 1 saturated heterocycles. The van der Waals surface area contributed by atoms with Crippen molar-refractivity contribution in [1.29, 1.82) is 0 Å². The summed E-state index contributed by atoms with van der Waals surface area (Å²) >= 11 is 0. The van der Waals surface area contributed by atoms with Crippen LogP contribution in [0.15, 0.2) is 18.2 Å². The van der Waals surface area contributed by atoms with E-state index in [1.54, 1.807) is 6.07 Å². The molecule has 1 atom stereocenters. The van der Waals surface area contributed by atoms with Gasteiger partial charge < -0.3 is 0 Å². The zero-order chi connectivity index (χ0) is 14.7. The molecule has 20 heavy (non-hydrogen) atoms. The first-order chi connectivity index (χ1) is 9.52. The van der Waals surface area contributed by atoms with Crippen molar-refractivity contribution < 1.29 is 14.4 Å². The highest BCUT2D eigenvalue weighted by molar-refractivity contribution is 6.00. The van der Waals surface area contributed by atoms with Gasteiger partial charge in [-0.15, -0.1) is 0 Å². The van der Waals surface area contributed by atoms with Crippen molar-refractivity contribution in [3.05, 3.63) is 34.9 Å². The molecule has 1 heterocycles. The summed E-state index contributed by atoms with van der Waals surface area (Å²) in [5.74, 6) is -0.478. The number of likely N-dealkylation sites (N-methyl/N-ethyl adjacent to an activating group) is 1. The molecular weight excluding hydrogens is 256 g/mol. The van der Waals surface area contributed by atoms with E-state index in [4.69, 9.17) is 0 Å². The largest absolute Gasteiger partial charge is 0.298 e. The summed E-state index contributed by atoms with van der Waals surface area (Å²) in [5.41, 5.74) is 2.59. The molecule has 0 radical (unpaired) electrons. The first kappa shape index (κ1) is 14.4. The van der Waals surface area contributed by atoms with Crippen LogP contribution in [0.1, 0.15) is 34.3 Å². The topological polar surface area (TPSA) is 66.5 Å². The van der Waals surface area contributed by atoms with Crippen molar-refractivity contribution >= 4 is 18.1 Å². The van der Waals surface area contributed by atoms with Crippen molar-refractivity contribution in [2.45, 2.75) is 32.4 Å². The normalized spacial score (nSPS) is 19.1. The Morgan fingerprint density at radius 1 is 1.40 bits per heavy atom. The number of carbonyl (C=O) groups is 3. The second-order valence-corrected chi connectivity index (χ2v) is 5.14. The van der Waals surface area contributed by atoms with E-state index in [0.29, 0.717) is 24.9 Å². The lowest BCUT2D eigenvalue weighted by molar-refractivity contribution is -0.137. The maximum absolute atomic E-state index is 11.8. The number of hydrogen-bond acceptors (Lipinski definition) is 4. The number of aryl methyl sites for hydroxylation is 1. The van der Waals surface area contributed by atoms with E-state index < -0.39 is 0 Å². The van der Waals surface area contributed by atoms with Gasteiger partial charge in [-0.05, 0) is 31.5 Å². The second-order valence-electron chi connectivity index (χ2n) is 5.14. The van der Waals surface area contributed by atoms with Gasteiger partial charge in [0.05, 0.1) is 6.04 Å². The quantitative estimate of drug-likeness (QED) is 0.658. The van der Waals surface area contributed by atoms with Crippen molar-refractivity contribution in [2.75, 3.05) is 7.05 Å². The first-order valence-corrected chi connectivity index (χ1v) is 6.60. The Hall–Kier alpha value is -2.01. The van der Waals surface area contributed by atoms with Gasteiger partial charge in [0.1, 0.15) is 6.29 Å². The molecule has 1 aromatic rings. The number of carbonyl (C=O) groups excluding carboxylic acids is 3. The molecule has 5 heteroatoms. The molecule has 0 aromatic heterocycles. The van der Waals surface area contributed by atoms with E-state index in [2.05, 4.69) is 5.32 Å². The molecule has 0 bridgehead atoms. The second kappa shape index (κ2) is 5.96. The Morgan fingerprint density at radius 2 is 2.15 bits per heavy atom. The molecular formula is C15H18N2O3. The van der Waals surface area contributed by atoms with E-state index in [1.165, 1.54) is 0 Å². The molecule has 1 N–H and O–H groups in total. The molecule has 1 unspecified atom stereocenters. The molecule has 1 fully saturated rings. The number of aldehydes is 1. The van der Waals surface area contributed by atoms with Gasteiger partial charge in [-0.25, -0.2) is 0 Å².